The Balaban J connectivity index is 1.62. The van der Waals surface area contributed by atoms with Crippen LogP contribution >= 0.6 is 0 Å². The third kappa shape index (κ3) is 6.78. The number of anilines is 4. The van der Waals surface area contributed by atoms with E-state index in [2.05, 4.69) is 29.0 Å². The van der Waals surface area contributed by atoms with Gasteiger partial charge in [-0.2, -0.15) is 4.98 Å². The monoisotopic (exact) mass is 615 g/mol. The minimum atomic E-state index is -0.892. The predicted molar refractivity (Wildman–Crippen MR) is 173 cm³/mol. The van der Waals surface area contributed by atoms with E-state index in [1.165, 1.54) is 18.2 Å². The van der Waals surface area contributed by atoms with Gasteiger partial charge in [-0.15, -0.1) is 0 Å². The zero-order valence-corrected chi connectivity index (χ0v) is 25.8. The van der Waals surface area contributed by atoms with Crippen molar-refractivity contribution in [1.82, 2.24) is 20.2 Å². The molecule has 0 aliphatic carbocycles. The number of amides is 2. The van der Waals surface area contributed by atoms with Crippen LogP contribution in [0.2, 0.25) is 0 Å². The van der Waals surface area contributed by atoms with Gasteiger partial charge in [0, 0.05) is 36.1 Å². The first kappa shape index (κ1) is 31.5. The van der Waals surface area contributed by atoms with E-state index < -0.39 is 23.4 Å². The number of aromatic nitrogens is 2. The van der Waals surface area contributed by atoms with Gasteiger partial charge in [0.15, 0.2) is 5.82 Å². The highest BCUT2D eigenvalue weighted by molar-refractivity contribution is 6.02. The van der Waals surface area contributed by atoms with Gasteiger partial charge >= 0.3 is 6.03 Å². The van der Waals surface area contributed by atoms with Crippen LogP contribution < -0.4 is 20.4 Å². The van der Waals surface area contributed by atoms with Gasteiger partial charge < -0.3 is 20.4 Å². The molecule has 1 aliphatic heterocycles. The normalized spacial score (nSPS) is 12.6. The average Bonchev–Trinajstić information content (AvgIpc) is 3.02. The van der Waals surface area contributed by atoms with E-state index >= 15 is 8.78 Å². The summed E-state index contributed by atoms with van der Waals surface area (Å²) in [6.45, 7) is 10.6. The molecule has 8 nitrogen and oxygen atoms in total. The van der Waals surface area contributed by atoms with Crippen LogP contribution in [0.3, 0.4) is 0 Å². The Morgan fingerprint density at radius 1 is 1.02 bits per heavy atom. The van der Waals surface area contributed by atoms with E-state index in [4.69, 9.17) is 9.97 Å². The lowest BCUT2D eigenvalue weighted by molar-refractivity contribution is 0.246. The second-order valence-electron chi connectivity index (χ2n) is 11.0. The fourth-order valence-corrected chi connectivity index (χ4v) is 5.13. The maximum absolute atomic E-state index is 15.1. The lowest BCUT2D eigenvalue weighted by Gasteiger charge is -2.32. The average molecular weight is 616 g/mol. The quantitative estimate of drug-likeness (QED) is 0.188. The minimum Gasteiger partial charge on any atom is -0.356 e. The molecule has 0 saturated heterocycles. The molecule has 0 radical (unpaired) electrons. The molecule has 3 aromatic carbocycles. The van der Waals surface area contributed by atoms with Gasteiger partial charge in [-0.25, -0.2) is 27.8 Å². The van der Waals surface area contributed by atoms with Gasteiger partial charge in [0.1, 0.15) is 23.1 Å². The fourth-order valence-electron chi connectivity index (χ4n) is 5.13. The summed E-state index contributed by atoms with van der Waals surface area (Å²) in [6.07, 6.45) is 0.826. The van der Waals surface area contributed by atoms with E-state index in [9.17, 15) is 9.18 Å². The molecule has 0 saturated carbocycles. The Morgan fingerprint density at radius 2 is 1.73 bits per heavy atom. The number of carbonyl (C=O) groups excluding carboxylic acids is 1. The zero-order valence-electron chi connectivity index (χ0n) is 25.8. The molecule has 0 spiro atoms. The van der Waals surface area contributed by atoms with Crippen LogP contribution in [0.5, 0.6) is 0 Å². The summed E-state index contributed by atoms with van der Waals surface area (Å²) in [5.74, 6) is -1.71. The summed E-state index contributed by atoms with van der Waals surface area (Å²) in [6, 6.07) is 14.5. The Morgan fingerprint density at radius 3 is 2.42 bits per heavy atom. The smallest absolute Gasteiger partial charge is 0.328 e. The third-order valence-electron chi connectivity index (χ3n) is 7.86. The number of aryl methyl sites for hydroxylation is 1. The maximum atomic E-state index is 15.1. The Bertz CT molecular complexity index is 1710. The molecule has 11 heteroatoms. The van der Waals surface area contributed by atoms with Crippen LogP contribution in [0, 0.1) is 24.4 Å². The van der Waals surface area contributed by atoms with E-state index in [0.29, 0.717) is 35.1 Å². The lowest BCUT2D eigenvalue weighted by atomic mass is 9.97. The van der Waals surface area contributed by atoms with Crippen LogP contribution in [0.4, 0.5) is 41.1 Å². The number of rotatable bonds is 11. The SMILES string of the molecule is C=C(Nc1ccc(F)cc1)c1ccc(C)c(-c2nc(N(C)CCCN(C)CC)nc3c2CNC(=O)N3c2c(F)cccc2F)c1. The number of benzene rings is 3. The number of carbonyl (C=O) groups is 1. The summed E-state index contributed by atoms with van der Waals surface area (Å²) in [7, 11) is 3.90. The van der Waals surface area contributed by atoms with Gasteiger partial charge in [0.25, 0.3) is 0 Å². The molecule has 0 bridgehead atoms. The van der Waals surface area contributed by atoms with Gasteiger partial charge in [-0.1, -0.05) is 31.7 Å². The number of halogens is 3. The largest absolute Gasteiger partial charge is 0.356 e. The van der Waals surface area contributed by atoms with Crippen LogP contribution in [0.15, 0.2) is 67.2 Å². The number of nitrogens with one attached hydrogen (secondary N) is 2. The molecule has 0 atom stereocenters. The van der Waals surface area contributed by atoms with Crippen molar-refractivity contribution in [1.29, 1.82) is 0 Å². The number of urea groups is 1. The summed E-state index contributed by atoms with van der Waals surface area (Å²) < 4.78 is 43.7. The van der Waals surface area contributed by atoms with Crippen molar-refractivity contribution in [3.63, 3.8) is 0 Å². The van der Waals surface area contributed by atoms with Gasteiger partial charge in [-0.05, 0) is 87.1 Å². The second kappa shape index (κ2) is 13.4. The highest BCUT2D eigenvalue weighted by Crippen LogP contribution is 2.40. The predicted octanol–water partition coefficient (Wildman–Crippen LogP) is 7.09. The third-order valence-corrected chi connectivity index (χ3v) is 7.86. The molecule has 5 rings (SSSR count). The van der Waals surface area contributed by atoms with Gasteiger partial charge in [0.2, 0.25) is 5.95 Å². The van der Waals surface area contributed by atoms with Crippen molar-refractivity contribution in [2.24, 2.45) is 0 Å². The van der Waals surface area contributed by atoms with Crippen LogP contribution in [-0.4, -0.2) is 54.6 Å². The number of hydrogen-bond donors (Lipinski definition) is 2. The van der Waals surface area contributed by atoms with Crippen molar-refractivity contribution >= 4 is 34.9 Å². The first-order valence-corrected chi connectivity index (χ1v) is 14.7. The van der Waals surface area contributed by atoms with Gasteiger partial charge in [-0.3, -0.25) is 0 Å². The van der Waals surface area contributed by atoms with Crippen molar-refractivity contribution in [2.45, 2.75) is 26.8 Å². The van der Waals surface area contributed by atoms with E-state index in [1.807, 2.05) is 44.1 Å². The minimum absolute atomic E-state index is 0.0554. The van der Waals surface area contributed by atoms with Crippen LogP contribution in [0.25, 0.3) is 17.0 Å². The number of hydrogen-bond acceptors (Lipinski definition) is 6. The molecule has 1 aliphatic rings. The number of nitrogens with zero attached hydrogens (tertiary/aromatic N) is 5. The molecular weight excluding hydrogens is 579 g/mol. The fraction of sp³-hybridized carbons (Fsp3) is 0.265. The summed E-state index contributed by atoms with van der Waals surface area (Å²) in [5, 5.41) is 5.95. The molecule has 1 aromatic heterocycles. The maximum Gasteiger partial charge on any atom is 0.328 e. The summed E-state index contributed by atoms with van der Waals surface area (Å²) >= 11 is 0. The first-order valence-electron chi connectivity index (χ1n) is 14.7. The first-order chi connectivity index (χ1) is 21.6. The summed E-state index contributed by atoms with van der Waals surface area (Å²) in [4.78, 5) is 28.0. The molecule has 45 heavy (non-hydrogen) atoms. The molecule has 0 unspecified atom stereocenters. The number of fused-ring (bicyclic) bond motifs is 1. The topological polar surface area (TPSA) is 76.6 Å². The van der Waals surface area contributed by atoms with Crippen LogP contribution in [-0.2, 0) is 6.54 Å². The highest BCUT2D eigenvalue weighted by Gasteiger charge is 2.34. The van der Waals surface area contributed by atoms with Gasteiger partial charge in [0.05, 0.1) is 12.2 Å². The molecule has 0 fully saturated rings. The molecule has 234 valence electrons. The van der Waals surface area contributed by atoms with E-state index in [-0.39, 0.29) is 18.2 Å². The molecule has 2 heterocycles. The van der Waals surface area contributed by atoms with Crippen LogP contribution in [0.1, 0.15) is 30.0 Å². The second-order valence-corrected chi connectivity index (χ2v) is 11.0. The molecule has 2 amide bonds. The Hall–Kier alpha value is -4.90. The standard InChI is InChI=1S/C34H36F3N7O/c1-6-42(4)17-8-18-43(5)33-40-30(26-19-23(12-11-21(26)2)22(3)39-25-15-13-24(35)14-16-25)27-20-38-34(45)44(32(27)41-33)31-28(36)9-7-10-29(31)37/h7,9-16,19,39H,3,6,8,17-18,20H2,1-2,4-5H3,(H,38,45). The molecule has 2 N–H and O–H groups in total. The van der Waals surface area contributed by atoms with E-state index in [0.717, 1.165) is 53.2 Å². The van der Waals surface area contributed by atoms with Crippen molar-refractivity contribution in [3.05, 3.63) is 101 Å². The van der Waals surface area contributed by atoms with Crippen molar-refractivity contribution < 1.29 is 18.0 Å². The molecular formula is C34H36F3N7O. The summed E-state index contributed by atoms with van der Waals surface area (Å²) in [5.41, 5.74) is 4.13. The van der Waals surface area contributed by atoms with Crippen molar-refractivity contribution in [3.8, 4) is 11.3 Å². The highest BCUT2D eigenvalue weighted by atomic mass is 19.1. The number of para-hydroxylation sites is 1. The Kier molecular flexibility index (Phi) is 9.38. The zero-order chi connectivity index (χ0) is 32.2. The lowest BCUT2D eigenvalue weighted by Crippen LogP contribution is -2.43. The van der Waals surface area contributed by atoms with Crippen molar-refractivity contribution in [2.75, 3.05) is 48.8 Å². The molecule has 4 aromatic rings. The Labute approximate surface area is 261 Å². The van der Waals surface area contributed by atoms with E-state index in [1.54, 1.807) is 12.1 Å².